The summed E-state index contributed by atoms with van der Waals surface area (Å²) in [7, 11) is 0. The monoisotopic (exact) mass is 294 g/mol. The largest absolute Gasteiger partial charge is 0.379 e. The summed E-state index contributed by atoms with van der Waals surface area (Å²) >= 11 is 2.03. The van der Waals surface area contributed by atoms with Crippen LogP contribution in [-0.2, 0) is 10.5 Å². The molecule has 0 radical (unpaired) electrons. The van der Waals surface area contributed by atoms with E-state index in [0.717, 1.165) is 51.7 Å². The fraction of sp³-hybridized carbons (Fsp3) is 0.625. The van der Waals surface area contributed by atoms with Crippen LogP contribution in [0.15, 0.2) is 30.3 Å². The molecular formula is C16H26N2OS. The standard InChI is InChI=1S/C16H26N2OS/c1-2-5-16(6-3-1)15-20-14-4-7-17-8-9-18-10-12-19-13-11-18/h1-3,5-6,17H,4,7-15H2. The Morgan fingerprint density at radius 1 is 1.10 bits per heavy atom. The van der Waals surface area contributed by atoms with Crippen LogP contribution in [0.3, 0.4) is 0 Å². The molecule has 0 atom stereocenters. The molecule has 1 fully saturated rings. The van der Waals surface area contributed by atoms with Crippen molar-refractivity contribution in [1.82, 2.24) is 10.2 Å². The number of hydrogen-bond acceptors (Lipinski definition) is 4. The Hall–Kier alpha value is -0.550. The van der Waals surface area contributed by atoms with Gasteiger partial charge in [-0.1, -0.05) is 30.3 Å². The summed E-state index contributed by atoms with van der Waals surface area (Å²) in [4.78, 5) is 2.47. The average molecular weight is 294 g/mol. The molecule has 1 aromatic rings. The number of morpholine rings is 1. The van der Waals surface area contributed by atoms with Gasteiger partial charge in [0.25, 0.3) is 0 Å². The zero-order chi connectivity index (χ0) is 13.9. The predicted molar refractivity (Wildman–Crippen MR) is 87.3 cm³/mol. The van der Waals surface area contributed by atoms with E-state index in [9.17, 15) is 0 Å². The first-order chi connectivity index (χ1) is 9.95. The van der Waals surface area contributed by atoms with E-state index in [0.29, 0.717) is 0 Å². The van der Waals surface area contributed by atoms with Gasteiger partial charge in [-0.2, -0.15) is 11.8 Å². The second-order valence-corrected chi connectivity index (χ2v) is 6.20. The van der Waals surface area contributed by atoms with Gasteiger partial charge in [0.2, 0.25) is 0 Å². The molecule has 0 aliphatic carbocycles. The molecule has 112 valence electrons. The van der Waals surface area contributed by atoms with Crippen molar-refractivity contribution in [3.63, 3.8) is 0 Å². The lowest BCUT2D eigenvalue weighted by atomic mass is 10.2. The van der Waals surface area contributed by atoms with Crippen LogP contribution in [0.4, 0.5) is 0 Å². The Labute approximate surface area is 127 Å². The number of ether oxygens (including phenoxy) is 1. The fourth-order valence-electron chi connectivity index (χ4n) is 2.25. The summed E-state index contributed by atoms with van der Waals surface area (Å²) in [6.45, 7) is 7.37. The highest BCUT2D eigenvalue weighted by molar-refractivity contribution is 7.98. The highest BCUT2D eigenvalue weighted by Crippen LogP contribution is 2.12. The van der Waals surface area contributed by atoms with Crippen LogP contribution in [0.1, 0.15) is 12.0 Å². The number of rotatable bonds is 9. The van der Waals surface area contributed by atoms with E-state index in [1.807, 2.05) is 11.8 Å². The fourth-order valence-corrected chi connectivity index (χ4v) is 3.17. The van der Waals surface area contributed by atoms with Crippen molar-refractivity contribution in [2.24, 2.45) is 0 Å². The van der Waals surface area contributed by atoms with Crippen molar-refractivity contribution in [1.29, 1.82) is 0 Å². The molecule has 0 unspecified atom stereocenters. The maximum atomic E-state index is 5.34. The van der Waals surface area contributed by atoms with Crippen LogP contribution >= 0.6 is 11.8 Å². The van der Waals surface area contributed by atoms with Crippen molar-refractivity contribution < 1.29 is 4.74 Å². The van der Waals surface area contributed by atoms with Gasteiger partial charge in [-0.25, -0.2) is 0 Å². The lowest BCUT2D eigenvalue weighted by Crippen LogP contribution is -2.40. The highest BCUT2D eigenvalue weighted by atomic mass is 32.2. The molecular weight excluding hydrogens is 268 g/mol. The van der Waals surface area contributed by atoms with Gasteiger partial charge in [0.05, 0.1) is 13.2 Å². The SMILES string of the molecule is c1ccc(CSCCCNCCN2CCOCC2)cc1. The third-order valence-corrected chi connectivity index (χ3v) is 4.58. The van der Waals surface area contributed by atoms with Crippen molar-refractivity contribution in [2.45, 2.75) is 12.2 Å². The van der Waals surface area contributed by atoms with Gasteiger partial charge in [0.15, 0.2) is 0 Å². The molecule has 20 heavy (non-hydrogen) atoms. The summed E-state index contributed by atoms with van der Waals surface area (Å²) in [5.74, 6) is 2.37. The van der Waals surface area contributed by atoms with Crippen molar-refractivity contribution >= 4 is 11.8 Å². The quantitative estimate of drug-likeness (QED) is 0.706. The van der Waals surface area contributed by atoms with Crippen LogP contribution in [-0.4, -0.2) is 56.6 Å². The van der Waals surface area contributed by atoms with Crippen molar-refractivity contribution in [3.05, 3.63) is 35.9 Å². The second kappa shape index (κ2) is 10.2. The van der Waals surface area contributed by atoms with E-state index < -0.39 is 0 Å². The molecule has 0 bridgehead atoms. The first kappa shape index (κ1) is 15.8. The summed E-state index contributed by atoms with van der Waals surface area (Å²) in [5.41, 5.74) is 1.43. The van der Waals surface area contributed by atoms with E-state index in [4.69, 9.17) is 4.74 Å². The molecule has 0 aromatic heterocycles. The first-order valence-corrected chi connectivity index (χ1v) is 8.73. The maximum Gasteiger partial charge on any atom is 0.0594 e. The molecule has 1 heterocycles. The van der Waals surface area contributed by atoms with Gasteiger partial charge in [-0.05, 0) is 24.3 Å². The first-order valence-electron chi connectivity index (χ1n) is 7.57. The summed E-state index contributed by atoms with van der Waals surface area (Å²) in [6, 6.07) is 10.7. The smallest absolute Gasteiger partial charge is 0.0594 e. The van der Waals surface area contributed by atoms with Gasteiger partial charge in [0, 0.05) is 31.9 Å². The normalized spacial score (nSPS) is 16.4. The van der Waals surface area contributed by atoms with E-state index >= 15 is 0 Å². The minimum atomic E-state index is 0.899. The Balaban J connectivity index is 1.38. The summed E-state index contributed by atoms with van der Waals surface area (Å²) in [6.07, 6.45) is 1.25. The zero-order valence-electron chi connectivity index (χ0n) is 12.2. The highest BCUT2D eigenvalue weighted by Gasteiger charge is 2.08. The summed E-state index contributed by atoms with van der Waals surface area (Å²) in [5, 5.41) is 3.54. The van der Waals surface area contributed by atoms with Gasteiger partial charge in [-0.3, -0.25) is 4.90 Å². The average Bonchev–Trinajstić information content (AvgIpc) is 2.52. The van der Waals surface area contributed by atoms with Crippen LogP contribution in [0, 0.1) is 0 Å². The number of nitrogens with one attached hydrogen (secondary N) is 1. The molecule has 0 amide bonds. The van der Waals surface area contributed by atoms with Crippen LogP contribution < -0.4 is 5.32 Å². The molecule has 1 saturated heterocycles. The molecule has 0 saturated carbocycles. The minimum Gasteiger partial charge on any atom is -0.379 e. The van der Waals surface area contributed by atoms with Gasteiger partial charge in [0.1, 0.15) is 0 Å². The topological polar surface area (TPSA) is 24.5 Å². The maximum absolute atomic E-state index is 5.34. The van der Waals surface area contributed by atoms with E-state index in [1.165, 1.54) is 17.7 Å². The second-order valence-electron chi connectivity index (χ2n) is 5.10. The number of nitrogens with zero attached hydrogens (tertiary/aromatic N) is 1. The van der Waals surface area contributed by atoms with Gasteiger partial charge < -0.3 is 10.1 Å². The predicted octanol–water partition coefficient (Wildman–Crippen LogP) is 2.23. The minimum absolute atomic E-state index is 0.899. The molecule has 1 N–H and O–H groups in total. The van der Waals surface area contributed by atoms with E-state index in [1.54, 1.807) is 0 Å². The Morgan fingerprint density at radius 2 is 1.90 bits per heavy atom. The van der Waals surface area contributed by atoms with E-state index in [2.05, 4.69) is 40.5 Å². The third kappa shape index (κ3) is 6.75. The Kier molecular flexibility index (Phi) is 8.09. The molecule has 1 aromatic carbocycles. The lowest BCUT2D eigenvalue weighted by molar-refractivity contribution is 0.0384. The molecule has 2 rings (SSSR count). The summed E-state index contributed by atoms with van der Waals surface area (Å²) < 4.78 is 5.34. The zero-order valence-corrected chi connectivity index (χ0v) is 13.0. The van der Waals surface area contributed by atoms with Gasteiger partial charge >= 0.3 is 0 Å². The molecule has 4 heteroatoms. The van der Waals surface area contributed by atoms with E-state index in [-0.39, 0.29) is 0 Å². The van der Waals surface area contributed by atoms with Crippen molar-refractivity contribution in [2.75, 3.05) is 51.7 Å². The number of thioether (sulfide) groups is 1. The van der Waals surface area contributed by atoms with Crippen molar-refractivity contribution in [3.8, 4) is 0 Å². The third-order valence-electron chi connectivity index (χ3n) is 3.46. The Morgan fingerprint density at radius 3 is 2.70 bits per heavy atom. The number of benzene rings is 1. The Bertz CT molecular complexity index is 342. The van der Waals surface area contributed by atoms with Gasteiger partial charge in [-0.15, -0.1) is 0 Å². The molecule has 3 nitrogen and oxygen atoms in total. The van der Waals surface area contributed by atoms with Crippen LogP contribution in [0.25, 0.3) is 0 Å². The lowest BCUT2D eigenvalue weighted by Gasteiger charge is -2.26. The molecule has 1 aliphatic heterocycles. The molecule has 0 spiro atoms. The molecule has 1 aliphatic rings. The van der Waals surface area contributed by atoms with Crippen LogP contribution in [0.5, 0.6) is 0 Å². The van der Waals surface area contributed by atoms with Crippen LogP contribution in [0.2, 0.25) is 0 Å². The number of hydrogen-bond donors (Lipinski definition) is 1.